The lowest BCUT2D eigenvalue weighted by atomic mass is 9.91. The number of ether oxygens (including phenoxy) is 2. The van der Waals surface area contributed by atoms with Gasteiger partial charge in [0.05, 0.1) is 19.1 Å². The van der Waals surface area contributed by atoms with E-state index < -0.39 is 12.0 Å². The van der Waals surface area contributed by atoms with Crippen LogP contribution >= 0.6 is 0 Å². The molecule has 1 N–H and O–H groups in total. The number of methoxy groups -OCH3 is 1. The molecule has 3 aliphatic rings. The van der Waals surface area contributed by atoms with Crippen LogP contribution < -0.4 is 5.32 Å². The summed E-state index contributed by atoms with van der Waals surface area (Å²) in [5.41, 5.74) is 0. The van der Waals surface area contributed by atoms with Gasteiger partial charge in [-0.1, -0.05) is 6.92 Å². The van der Waals surface area contributed by atoms with Crippen LogP contribution in [0.25, 0.3) is 0 Å². The Labute approximate surface area is 147 Å². The largest absolute Gasteiger partial charge is 0.493 e. The molecular weight excluding hydrogens is 324 g/mol. The Bertz CT molecular complexity index is 647. The Morgan fingerprint density at radius 1 is 1.28 bits per heavy atom. The molecule has 0 radical (unpaired) electrons. The Morgan fingerprint density at radius 3 is 2.64 bits per heavy atom. The second-order valence-electron chi connectivity index (χ2n) is 6.28. The molecule has 2 atom stereocenters. The van der Waals surface area contributed by atoms with E-state index in [0.717, 1.165) is 19.6 Å². The first-order valence-corrected chi connectivity index (χ1v) is 8.54. The molecule has 8 heteroatoms. The minimum Gasteiger partial charge on any atom is -0.493 e. The average molecular weight is 348 g/mol. The van der Waals surface area contributed by atoms with Crippen LogP contribution in [-0.2, 0) is 14.3 Å². The van der Waals surface area contributed by atoms with Crippen LogP contribution in [0, 0.1) is 5.92 Å². The number of carbonyl (C=O) groups is 2. The van der Waals surface area contributed by atoms with Crippen LogP contribution in [0.15, 0.2) is 28.7 Å². The van der Waals surface area contributed by atoms with Crippen molar-refractivity contribution in [3.8, 4) is 0 Å². The Balaban J connectivity index is 1.71. The molecule has 2 amide bonds. The molecule has 1 aliphatic carbocycles. The monoisotopic (exact) mass is 348 g/mol. The van der Waals surface area contributed by atoms with E-state index in [1.54, 1.807) is 24.0 Å². The van der Waals surface area contributed by atoms with E-state index in [2.05, 4.69) is 22.1 Å². The van der Waals surface area contributed by atoms with Gasteiger partial charge in [0.2, 0.25) is 5.91 Å². The number of piperazine rings is 1. The molecule has 0 aromatic carbocycles. The number of nitrogens with one attached hydrogen (secondary N) is 1. The molecule has 136 valence electrons. The highest BCUT2D eigenvalue weighted by atomic mass is 16.6. The number of hydrogen-bond acceptors (Lipinski definition) is 6. The average Bonchev–Trinajstić information content (AvgIpc) is 2.61. The maximum atomic E-state index is 12.4. The summed E-state index contributed by atoms with van der Waals surface area (Å²) in [5.74, 6) is 0.613. The molecule has 2 heterocycles. The number of nitrogens with zero attached hydrogens (tertiary/aromatic N) is 3. The van der Waals surface area contributed by atoms with Crippen LogP contribution in [0.5, 0.6) is 0 Å². The Hall–Kier alpha value is -2.35. The summed E-state index contributed by atoms with van der Waals surface area (Å²) >= 11 is 0. The zero-order valence-corrected chi connectivity index (χ0v) is 14.8. The van der Waals surface area contributed by atoms with Crippen LogP contribution in [0.1, 0.15) is 13.8 Å². The maximum absolute atomic E-state index is 12.4. The highest BCUT2D eigenvalue weighted by Crippen LogP contribution is 2.29. The molecule has 3 rings (SSSR count). The maximum Gasteiger partial charge on any atom is 0.415 e. The van der Waals surface area contributed by atoms with Gasteiger partial charge in [-0.15, -0.1) is 0 Å². The molecule has 2 aliphatic heterocycles. The van der Waals surface area contributed by atoms with Gasteiger partial charge in [-0.25, -0.2) is 4.79 Å². The molecule has 0 spiro atoms. The fourth-order valence-corrected chi connectivity index (χ4v) is 3.21. The van der Waals surface area contributed by atoms with Gasteiger partial charge in [-0.3, -0.25) is 9.79 Å². The van der Waals surface area contributed by atoms with Crippen LogP contribution in [0.2, 0.25) is 0 Å². The SMILES string of the molecule is CCN1CCN(C(=O)OC2=CC3C(=O)NC(C)=NC3C=C2OC)CC1. The fourth-order valence-electron chi connectivity index (χ4n) is 3.21. The van der Waals surface area contributed by atoms with E-state index in [4.69, 9.17) is 9.47 Å². The molecule has 1 fully saturated rings. The van der Waals surface area contributed by atoms with Crippen LogP contribution in [0.4, 0.5) is 4.79 Å². The van der Waals surface area contributed by atoms with Crippen molar-refractivity contribution in [1.82, 2.24) is 15.1 Å². The molecule has 8 nitrogen and oxygen atoms in total. The van der Waals surface area contributed by atoms with Crippen molar-refractivity contribution >= 4 is 17.8 Å². The lowest BCUT2D eigenvalue weighted by molar-refractivity contribution is -0.122. The molecule has 2 unspecified atom stereocenters. The van der Waals surface area contributed by atoms with Gasteiger partial charge in [-0.2, -0.15) is 0 Å². The molecule has 1 saturated heterocycles. The second-order valence-corrected chi connectivity index (χ2v) is 6.28. The van der Waals surface area contributed by atoms with Crippen molar-refractivity contribution in [2.75, 3.05) is 39.8 Å². The van der Waals surface area contributed by atoms with Gasteiger partial charge in [0.25, 0.3) is 0 Å². The molecule has 0 bridgehead atoms. The Morgan fingerprint density at radius 2 is 2.00 bits per heavy atom. The molecule has 0 aromatic heterocycles. The van der Waals surface area contributed by atoms with Gasteiger partial charge >= 0.3 is 6.09 Å². The third-order valence-corrected chi connectivity index (χ3v) is 4.71. The molecular formula is C17H24N4O4. The number of hydrogen-bond donors (Lipinski definition) is 1. The van der Waals surface area contributed by atoms with E-state index in [1.165, 1.54) is 7.11 Å². The van der Waals surface area contributed by atoms with E-state index >= 15 is 0 Å². The standard InChI is InChI=1S/C17H24N4O4/c1-4-20-5-7-21(8-6-20)17(23)25-15-9-12-13(10-14(15)24-3)18-11(2)19-16(12)22/h9-10,12-13H,4-8H2,1-3H3,(H,18,19,22). The van der Waals surface area contributed by atoms with Gasteiger partial charge in [-0.05, 0) is 25.6 Å². The predicted octanol–water partition coefficient (Wildman–Crippen LogP) is 0.721. The molecule has 0 aromatic rings. The third kappa shape index (κ3) is 3.68. The predicted molar refractivity (Wildman–Crippen MR) is 91.9 cm³/mol. The first-order chi connectivity index (χ1) is 12.0. The molecule has 0 saturated carbocycles. The number of rotatable bonds is 3. The number of likely N-dealkylation sites (N-methyl/N-ethyl adjacent to an activating group) is 1. The van der Waals surface area contributed by atoms with Gasteiger partial charge < -0.3 is 24.6 Å². The summed E-state index contributed by atoms with van der Waals surface area (Å²) in [6.07, 6.45) is 2.93. The quantitative estimate of drug-likeness (QED) is 0.813. The fraction of sp³-hybridized carbons (Fsp3) is 0.588. The van der Waals surface area contributed by atoms with Gasteiger partial charge in [0, 0.05) is 26.2 Å². The number of fused-ring (bicyclic) bond motifs is 1. The first kappa shape index (κ1) is 17.5. The summed E-state index contributed by atoms with van der Waals surface area (Å²) in [6, 6.07) is -0.334. The summed E-state index contributed by atoms with van der Waals surface area (Å²) in [4.78, 5) is 33.0. The number of carbonyl (C=O) groups excluding carboxylic acids is 2. The minimum atomic E-state index is -0.498. The lowest BCUT2D eigenvalue weighted by Crippen LogP contribution is -2.49. The van der Waals surface area contributed by atoms with Gasteiger partial charge in [0.15, 0.2) is 11.5 Å². The summed E-state index contributed by atoms with van der Waals surface area (Å²) in [6.45, 7) is 7.74. The highest BCUT2D eigenvalue weighted by molar-refractivity contribution is 6.01. The lowest BCUT2D eigenvalue weighted by Gasteiger charge is -2.34. The van der Waals surface area contributed by atoms with Crippen molar-refractivity contribution in [2.45, 2.75) is 19.9 Å². The van der Waals surface area contributed by atoms with E-state index in [9.17, 15) is 9.59 Å². The van der Waals surface area contributed by atoms with Crippen molar-refractivity contribution in [3.05, 3.63) is 23.7 Å². The van der Waals surface area contributed by atoms with Gasteiger partial charge in [0.1, 0.15) is 5.84 Å². The van der Waals surface area contributed by atoms with Crippen molar-refractivity contribution in [3.63, 3.8) is 0 Å². The first-order valence-electron chi connectivity index (χ1n) is 8.54. The smallest absolute Gasteiger partial charge is 0.415 e. The zero-order valence-electron chi connectivity index (χ0n) is 14.8. The molecule has 25 heavy (non-hydrogen) atoms. The topological polar surface area (TPSA) is 83.5 Å². The van der Waals surface area contributed by atoms with Crippen molar-refractivity contribution < 1.29 is 19.1 Å². The second kappa shape index (κ2) is 7.26. The number of amidine groups is 1. The van der Waals surface area contributed by atoms with Crippen molar-refractivity contribution in [2.24, 2.45) is 10.9 Å². The van der Waals surface area contributed by atoms with Crippen LogP contribution in [-0.4, -0.2) is 73.5 Å². The summed E-state index contributed by atoms with van der Waals surface area (Å²) < 4.78 is 10.9. The third-order valence-electron chi connectivity index (χ3n) is 4.71. The highest BCUT2D eigenvalue weighted by Gasteiger charge is 2.36. The van der Waals surface area contributed by atoms with Crippen LogP contribution in [0.3, 0.4) is 0 Å². The van der Waals surface area contributed by atoms with E-state index in [-0.39, 0.29) is 17.7 Å². The summed E-state index contributed by atoms with van der Waals surface area (Å²) in [7, 11) is 1.51. The zero-order chi connectivity index (χ0) is 18.0. The minimum absolute atomic E-state index is 0.158. The number of amides is 2. The van der Waals surface area contributed by atoms with E-state index in [0.29, 0.717) is 24.7 Å². The number of aliphatic imine (C=N–C) groups is 1. The normalized spacial score (nSPS) is 26.8. The summed E-state index contributed by atoms with van der Waals surface area (Å²) in [5, 5.41) is 2.70. The van der Waals surface area contributed by atoms with E-state index in [1.807, 2.05) is 0 Å². The Kier molecular flexibility index (Phi) is 5.08. The van der Waals surface area contributed by atoms with Crippen molar-refractivity contribution in [1.29, 1.82) is 0 Å².